The first-order chi connectivity index (χ1) is 15.1. The van der Waals surface area contributed by atoms with E-state index in [1.807, 2.05) is 0 Å². The summed E-state index contributed by atoms with van der Waals surface area (Å²) in [5.41, 5.74) is 0. The van der Waals surface area contributed by atoms with Crippen molar-refractivity contribution in [1.82, 2.24) is 15.5 Å². The number of hydrogen-bond acceptors (Lipinski definition) is 5. The van der Waals surface area contributed by atoms with E-state index in [2.05, 4.69) is 36.4 Å². The quantitative estimate of drug-likeness (QED) is 0.351. The van der Waals surface area contributed by atoms with Gasteiger partial charge in [0, 0.05) is 37.8 Å². The van der Waals surface area contributed by atoms with Crippen LogP contribution in [0.15, 0.2) is 0 Å². The van der Waals surface area contributed by atoms with Crippen LogP contribution in [0.3, 0.4) is 0 Å². The molecule has 0 aromatic heterocycles. The Labute approximate surface area is 190 Å². The fourth-order valence-electron chi connectivity index (χ4n) is 5.45. The van der Waals surface area contributed by atoms with Crippen LogP contribution >= 0.6 is 0 Å². The van der Waals surface area contributed by atoms with Crippen LogP contribution in [0.5, 0.6) is 0 Å². The number of nitrogens with zero attached hydrogens (tertiary/aromatic N) is 1. The molecule has 2 N–H and O–H groups in total. The van der Waals surface area contributed by atoms with Gasteiger partial charge in [0.2, 0.25) is 0 Å². The number of nitrogens with one attached hydrogen (secondary N) is 2. The van der Waals surface area contributed by atoms with Crippen molar-refractivity contribution in [3.8, 4) is 0 Å². The van der Waals surface area contributed by atoms with Crippen LogP contribution in [0, 0.1) is 11.8 Å². The molecule has 3 rings (SSSR count). The van der Waals surface area contributed by atoms with Crippen LogP contribution < -0.4 is 10.6 Å². The molecule has 180 valence electrons. The topological polar surface area (TPSA) is 62.6 Å². The van der Waals surface area contributed by atoms with Crippen molar-refractivity contribution >= 4 is 6.09 Å². The second-order valence-electron chi connectivity index (χ2n) is 10.4. The molecule has 0 radical (unpaired) electrons. The minimum atomic E-state index is -0.257. The van der Waals surface area contributed by atoms with Crippen molar-refractivity contribution in [2.24, 2.45) is 11.8 Å². The van der Waals surface area contributed by atoms with Gasteiger partial charge in [0.05, 0.1) is 6.61 Å². The number of alkyl carbamates (subject to hydrolysis) is 1. The van der Waals surface area contributed by atoms with Gasteiger partial charge in [-0.05, 0) is 90.0 Å². The van der Waals surface area contributed by atoms with Crippen molar-refractivity contribution in [3.05, 3.63) is 0 Å². The lowest BCUT2D eigenvalue weighted by molar-refractivity contribution is 0.0108. The first-order valence-electron chi connectivity index (χ1n) is 13.0. The first kappa shape index (κ1) is 24.8. The molecule has 0 aromatic carbocycles. The van der Waals surface area contributed by atoms with Crippen LogP contribution in [-0.2, 0) is 9.47 Å². The molecule has 1 aliphatic heterocycles. The molecule has 0 spiro atoms. The van der Waals surface area contributed by atoms with Crippen LogP contribution in [0.1, 0.15) is 84.5 Å². The van der Waals surface area contributed by atoms with Crippen molar-refractivity contribution in [1.29, 1.82) is 0 Å². The van der Waals surface area contributed by atoms with Gasteiger partial charge in [-0.2, -0.15) is 0 Å². The maximum Gasteiger partial charge on any atom is 0.407 e. The van der Waals surface area contributed by atoms with Gasteiger partial charge >= 0.3 is 6.09 Å². The number of amides is 1. The third-order valence-corrected chi connectivity index (χ3v) is 7.74. The van der Waals surface area contributed by atoms with E-state index in [9.17, 15) is 4.79 Å². The molecule has 6 nitrogen and oxygen atoms in total. The zero-order valence-electron chi connectivity index (χ0n) is 20.2. The molecule has 31 heavy (non-hydrogen) atoms. The standard InChI is InChI=1S/C25H47N3O3/c1-4-5-14-30-18-24(17-28-16-19(28)2)31-25(29)27-23-12-8-21(9-13-23)15-20-6-10-22(26-3)11-7-20/h19-24,26H,4-18H2,1-3H3,(H,27,29). The summed E-state index contributed by atoms with van der Waals surface area (Å²) in [5.74, 6) is 1.76. The molecule has 0 bridgehead atoms. The SMILES string of the molecule is CCCCOCC(CN1CC1C)OC(=O)NC1CCC(CC2CCC(NC)CC2)CC1. The summed E-state index contributed by atoms with van der Waals surface area (Å²) in [5, 5.41) is 6.59. The third kappa shape index (κ3) is 8.89. The molecule has 3 fully saturated rings. The Kier molecular flexibility index (Phi) is 10.4. The van der Waals surface area contributed by atoms with E-state index in [0.717, 1.165) is 63.3 Å². The molecule has 0 aromatic rings. The van der Waals surface area contributed by atoms with Gasteiger partial charge in [-0.25, -0.2) is 4.79 Å². The van der Waals surface area contributed by atoms with E-state index in [-0.39, 0.29) is 18.2 Å². The summed E-state index contributed by atoms with van der Waals surface area (Å²) in [6.45, 7) is 7.49. The van der Waals surface area contributed by atoms with Crippen LogP contribution in [0.2, 0.25) is 0 Å². The van der Waals surface area contributed by atoms with Gasteiger partial charge in [0.15, 0.2) is 0 Å². The van der Waals surface area contributed by atoms with Crippen LogP contribution in [0.4, 0.5) is 4.79 Å². The van der Waals surface area contributed by atoms with Crippen molar-refractivity contribution < 1.29 is 14.3 Å². The lowest BCUT2D eigenvalue weighted by atomic mass is 9.76. The normalized spacial score (nSPS) is 34.2. The Morgan fingerprint density at radius 2 is 1.65 bits per heavy atom. The van der Waals surface area contributed by atoms with E-state index in [4.69, 9.17) is 9.47 Å². The van der Waals surface area contributed by atoms with E-state index in [1.165, 1.54) is 44.9 Å². The molecule has 2 saturated carbocycles. The highest BCUT2D eigenvalue weighted by Gasteiger charge is 2.33. The van der Waals surface area contributed by atoms with Gasteiger partial charge in [-0.1, -0.05) is 13.3 Å². The van der Waals surface area contributed by atoms with Crippen molar-refractivity contribution in [2.45, 2.75) is 109 Å². The second-order valence-corrected chi connectivity index (χ2v) is 10.4. The fraction of sp³-hybridized carbons (Fsp3) is 0.960. The van der Waals surface area contributed by atoms with E-state index >= 15 is 0 Å². The predicted octanol–water partition coefficient (Wildman–Crippen LogP) is 4.33. The molecule has 2 aliphatic carbocycles. The molecule has 3 atom stereocenters. The number of hydrogen-bond donors (Lipinski definition) is 2. The number of rotatable bonds is 12. The molecular formula is C25H47N3O3. The van der Waals surface area contributed by atoms with Gasteiger partial charge in [0.1, 0.15) is 6.10 Å². The fourth-order valence-corrected chi connectivity index (χ4v) is 5.45. The summed E-state index contributed by atoms with van der Waals surface area (Å²) in [7, 11) is 2.09. The molecule has 3 unspecified atom stereocenters. The lowest BCUT2D eigenvalue weighted by Crippen LogP contribution is -2.42. The maximum absolute atomic E-state index is 12.5. The monoisotopic (exact) mass is 437 g/mol. The number of carbonyl (C=O) groups excluding carboxylic acids is 1. The zero-order valence-corrected chi connectivity index (χ0v) is 20.2. The summed E-state index contributed by atoms with van der Waals surface area (Å²) in [4.78, 5) is 14.9. The Morgan fingerprint density at radius 1 is 1.03 bits per heavy atom. The van der Waals surface area contributed by atoms with Gasteiger partial charge < -0.3 is 20.1 Å². The minimum absolute atomic E-state index is 0.175. The van der Waals surface area contributed by atoms with E-state index < -0.39 is 0 Å². The average molecular weight is 438 g/mol. The van der Waals surface area contributed by atoms with Gasteiger partial charge in [-0.15, -0.1) is 0 Å². The summed E-state index contributed by atoms with van der Waals surface area (Å²) in [6.07, 6.45) is 13.2. The Hall–Kier alpha value is -0.850. The lowest BCUT2D eigenvalue weighted by Gasteiger charge is -2.34. The third-order valence-electron chi connectivity index (χ3n) is 7.74. The van der Waals surface area contributed by atoms with Crippen LogP contribution in [0.25, 0.3) is 0 Å². The molecule has 1 saturated heterocycles. The number of ether oxygens (including phenoxy) is 2. The first-order valence-corrected chi connectivity index (χ1v) is 13.0. The Balaban J connectivity index is 1.32. The highest BCUT2D eigenvalue weighted by atomic mass is 16.6. The molecule has 1 amide bonds. The smallest absolute Gasteiger partial charge is 0.407 e. The zero-order chi connectivity index (χ0) is 22.1. The second kappa shape index (κ2) is 13.0. The number of unbranched alkanes of at least 4 members (excludes halogenated alkanes) is 1. The van der Waals surface area contributed by atoms with E-state index in [1.54, 1.807) is 0 Å². The molecule has 6 heteroatoms. The largest absolute Gasteiger partial charge is 0.442 e. The predicted molar refractivity (Wildman–Crippen MR) is 125 cm³/mol. The van der Waals surface area contributed by atoms with Crippen LogP contribution in [-0.4, -0.2) is 68.6 Å². The van der Waals surface area contributed by atoms with E-state index in [0.29, 0.717) is 12.6 Å². The summed E-state index contributed by atoms with van der Waals surface area (Å²) < 4.78 is 11.5. The summed E-state index contributed by atoms with van der Waals surface area (Å²) >= 11 is 0. The Morgan fingerprint density at radius 3 is 2.19 bits per heavy atom. The Bertz CT molecular complexity index is 516. The molecule has 1 heterocycles. The minimum Gasteiger partial charge on any atom is -0.442 e. The summed E-state index contributed by atoms with van der Waals surface area (Å²) in [6, 6.07) is 1.61. The number of carbonyl (C=O) groups is 1. The van der Waals surface area contributed by atoms with Crippen molar-refractivity contribution in [3.63, 3.8) is 0 Å². The average Bonchev–Trinajstić information content (AvgIpc) is 3.47. The maximum atomic E-state index is 12.5. The molecule has 3 aliphatic rings. The van der Waals surface area contributed by atoms with Crippen molar-refractivity contribution in [2.75, 3.05) is 33.4 Å². The highest BCUT2D eigenvalue weighted by molar-refractivity contribution is 5.67. The van der Waals surface area contributed by atoms with Gasteiger partial charge in [0.25, 0.3) is 0 Å². The molecular weight excluding hydrogens is 390 g/mol. The highest BCUT2D eigenvalue weighted by Crippen LogP contribution is 2.35. The van der Waals surface area contributed by atoms with Gasteiger partial charge in [-0.3, -0.25) is 4.90 Å².